The normalized spacial score (nSPS) is 25.7. The van der Waals surface area contributed by atoms with E-state index in [2.05, 4.69) is 12.1 Å². The first-order chi connectivity index (χ1) is 9.72. The fourth-order valence-corrected chi connectivity index (χ4v) is 3.89. The third-order valence-corrected chi connectivity index (χ3v) is 4.59. The molecule has 2 bridgehead atoms. The first-order valence-corrected chi connectivity index (χ1v) is 6.83. The van der Waals surface area contributed by atoms with Crippen molar-refractivity contribution in [2.24, 2.45) is 0 Å². The molecule has 0 atom stereocenters. The van der Waals surface area contributed by atoms with Gasteiger partial charge in [-0.3, -0.25) is 0 Å². The van der Waals surface area contributed by atoms with Gasteiger partial charge in [0, 0.05) is 17.0 Å². The summed E-state index contributed by atoms with van der Waals surface area (Å²) in [5.41, 5.74) is 3.61. The van der Waals surface area contributed by atoms with Gasteiger partial charge in [-0.15, -0.1) is 0 Å². The summed E-state index contributed by atoms with van der Waals surface area (Å²) in [5, 5.41) is 9.21. The standard InChI is InChI=1S/C17H14O3/c18-16(19)20-17-10-9-11(12-5-1-3-7-14(12)17)13-6-2-4-8-15(13)17/h1-8,11H,9-10H2,(H,18,19). The molecule has 0 unspecified atom stereocenters. The Kier molecular flexibility index (Phi) is 2.22. The third kappa shape index (κ3) is 1.32. The lowest BCUT2D eigenvalue weighted by molar-refractivity contribution is -0.0142. The maximum atomic E-state index is 11.2. The van der Waals surface area contributed by atoms with Crippen molar-refractivity contribution in [3.63, 3.8) is 0 Å². The van der Waals surface area contributed by atoms with E-state index in [1.807, 2.05) is 36.4 Å². The summed E-state index contributed by atoms with van der Waals surface area (Å²) < 4.78 is 5.44. The molecule has 1 N–H and O–H groups in total. The molecule has 100 valence electrons. The number of fused-ring (bicyclic) bond motifs is 1. The van der Waals surface area contributed by atoms with E-state index in [1.54, 1.807) is 0 Å². The predicted molar refractivity (Wildman–Crippen MR) is 73.9 cm³/mol. The van der Waals surface area contributed by atoms with E-state index in [9.17, 15) is 9.90 Å². The zero-order valence-electron chi connectivity index (χ0n) is 10.9. The minimum absolute atomic E-state index is 0.363. The number of carboxylic acid groups (broad SMARTS) is 1. The van der Waals surface area contributed by atoms with Gasteiger partial charge in [0.15, 0.2) is 5.60 Å². The molecule has 5 rings (SSSR count). The van der Waals surface area contributed by atoms with E-state index >= 15 is 0 Å². The van der Waals surface area contributed by atoms with Gasteiger partial charge in [-0.25, -0.2) is 4.79 Å². The topological polar surface area (TPSA) is 46.5 Å². The second-order valence-electron chi connectivity index (χ2n) is 5.46. The molecule has 0 amide bonds. The van der Waals surface area contributed by atoms with Crippen molar-refractivity contribution in [3.8, 4) is 0 Å². The van der Waals surface area contributed by atoms with Gasteiger partial charge in [0.1, 0.15) is 0 Å². The number of ether oxygens (including phenoxy) is 1. The Morgan fingerprint density at radius 2 is 1.60 bits per heavy atom. The van der Waals surface area contributed by atoms with Crippen LogP contribution in [0.5, 0.6) is 0 Å². The third-order valence-electron chi connectivity index (χ3n) is 4.59. The van der Waals surface area contributed by atoms with Crippen molar-refractivity contribution in [1.29, 1.82) is 0 Å². The first-order valence-electron chi connectivity index (χ1n) is 6.83. The van der Waals surface area contributed by atoms with Crippen molar-refractivity contribution >= 4 is 6.16 Å². The van der Waals surface area contributed by atoms with Crippen LogP contribution in [0.25, 0.3) is 0 Å². The molecule has 2 aromatic carbocycles. The SMILES string of the molecule is O=C(O)OC12CCC(c3ccccc31)c1ccccc12. The van der Waals surface area contributed by atoms with Gasteiger partial charge in [-0.05, 0) is 24.0 Å². The largest absolute Gasteiger partial charge is 0.507 e. The summed E-state index contributed by atoms with van der Waals surface area (Å²) in [6.07, 6.45) is 0.439. The summed E-state index contributed by atoms with van der Waals surface area (Å²) in [5.74, 6) is 0.363. The van der Waals surface area contributed by atoms with E-state index in [0.717, 1.165) is 24.0 Å². The summed E-state index contributed by atoms with van der Waals surface area (Å²) in [6, 6.07) is 16.1. The van der Waals surface area contributed by atoms with Crippen molar-refractivity contribution < 1.29 is 14.6 Å². The van der Waals surface area contributed by atoms with Crippen LogP contribution >= 0.6 is 0 Å². The highest BCUT2D eigenvalue weighted by Gasteiger charge is 2.51. The summed E-state index contributed by atoms with van der Waals surface area (Å²) in [4.78, 5) is 11.2. The highest BCUT2D eigenvalue weighted by Crippen LogP contribution is 2.56. The molecule has 0 saturated carbocycles. The molecular weight excluding hydrogens is 252 g/mol. The lowest BCUT2D eigenvalue weighted by Gasteiger charge is -2.47. The molecule has 2 aromatic rings. The van der Waals surface area contributed by atoms with Gasteiger partial charge in [0.05, 0.1) is 0 Å². The van der Waals surface area contributed by atoms with Crippen LogP contribution in [0.1, 0.15) is 41.0 Å². The Labute approximate surface area is 116 Å². The minimum atomic E-state index is -1.21. The Morgan fingerprint density at radius 3 is 2.15 bits per heavy atom. The number of hydrogen-bond acceptors (Lipinski definition) is 2. The highest BCUT2D eigenvalue weighted by atomic mass is 16.7. The summed E-state index contributed by atoms with van der Waals surface area (Å²) in [6.45, 7) is 0. The molecule has 0 spiro atoms. The van der Waals surface area contributed by atoms with Crippen LogP contribution < -0.4 is 0 Å². The van der Waals surface area contributed by atoms with Gasteiger partial charge in [0.25, 0.3) is 0 Å². The summed E-state index contributed by atoms with van der Waals surface area (Å²) >= 11 is 0. The number of benzene rings is 2. The fraction of sp³-hybridized carbons (Fsp3) is 0.235. The monoisotopic (exact) mass is 266 g/mol. The minimum Gasteiger partial charge on any atom is -0.450 e. The lowest BCUT2D eigenvalue weighted by Crippen LogP contribution is -2.43. The van der Waals surface area contributed by atoms with Crippen LogP contribution in [0.4, 0.5) is 4.79 Å². The van der Waals surface area contributed by atoms with Gasteiger partial charge in [-0.1, -0.05) is 48.5 Å². The molecule has 0 fully saturated rings. The highest BCUT2D eigenvalue weighted by molar-refractivity contribution is 5.64. The van der Waals surface area contributed by atoms with Crippen LogP contribution in [0.15, 0.2) is 48.5 Å². The molecule has 3 aliphatic carbocycles. The van der Waals surface area contributed by atoms with Gasteiger partial charge >= 0.3 is 6.16 Å². The van der Waals surface area contributed by atoms with Gasteiger partial charge in [0.2, 0.25) is 0 Å². The zero-order valence-corrected chi connectivity index (χ0v) is 10.9. The van der Waals surface area contributed by atoms with E-state index < -0.39 is 11.8 Å². The van der Waals surface area contributed by atoms with Gasteiger partial charge in [-0.2, -0.15) is 0 Å². The van der Waals surface area contributed by atoms with Crippen molar-refractivity contribution in [3.05, 3.63) is 70.8 Å². The molecule has 0 radical (unpaired) electrons. The quantitative estimate of drug-likeness (QED) is 0.797. The number of hydrogen-bond donors (Lipinski definition) is 1. The zero-order chi connectivity index (χ0) is 13.7. The molecule has 3 aliphatic rings. The average molecular weight is 266 g/mol. The fourth-order valence-electron chi connectivity index (χ4n) is 3.89. The molecule has 20 heavy (non-hydrogen) atoms. The number of rotatable bonds is 1. The predicted octanol–water partition coefficient (Wildman–Crippen LogP) is 3.86. The second kappa shape index (κ2) is 3.85. The maximum Gasteiger partial charge on any atom is 0.507 e. The van der Waals surface area contributed by atoms with Gasteiger partial charge < -0.3 is 9.84 Å². The van der Waals surface area contributed by atoms with Crippen LogP contribution in [0.2, 0.25) is 0 Å². The Balaban J connectivity index is 2.04. The lowest BCUT2D eigenvalue weighted by atomic mass is 9.61. The van der Waals surface area contributed by atoms with Crippen LogP contribution in [-0.4, -0.2) is 11.3 Å². The van der Waals surface area contributed by atoms with Crippen molar-refractivity contribution in [2.45, 2.75) is 24.4 Å². The summed E-state index contributed by atoms with van der Waals surface area (Å²) in [7, 11) is 0. The first kappa shape index (κ1) is 11.5. The molecule has 3 nitrogen and oxygen atoms in total. The smallest absolute Gasteiger partial charge is 0.450 e. The molecule has 0 aliphatic heterocycles. The maximum absolute atomic E-state index is 11.2. The van der Waals surface area contributed by atoms with Crippen molar-refractivity contribution in [1.82, 2.24) is 0 Å². The van der Waals surface area contributed by atoms with E-state index in [0.29, 0.717) is 5.92 Å². The molecule has 0 saturated heterocycles. The molecule has 0 aromatic heterocycles. The molecule has 3 heteroatoms. The van der Waals surface area contributed by atoms with E-state index in [-0.39, 0.29) is 0 Å². The van der Waals surface area contributed by atoms with E-state index in [4.69, 9.17) is 4.74 Å². The van der Waals surface area contributed by atoms with E-state index in [1.165, 1.54) is 11.1 Å². The Hall–Kier alpha value is -2.29. The molecule has 0 heterocycles. The number of carbonyl (C=O) groups is 1. The molecular formula is C17H14O3. The van der Waals surface area contributed by atoms with Crippen LogP contribution in [0.3, 0.4) is 0 Å². The second-order valence-corrected chi connectivity index (χ2v) is 5.46. The van der Waals surface area contributed by atoms with Crippen molar-refractivity contribution in [2.75, 3.05) is 0 Å². The van der Waals surface area contributed by atoms with Crippen LogP contribution in [-0.2, 0) is 10.3 Å². The van der Waals surface area contributed by atoms with Crippen LogP contribution in [0, 0.1) is 0 Å². The average Bonchev–Trinajstić information content (AvgIpc) is 2.48. The Morgan fingerprint density at radius 1 is 1.05 bits per heavy atom. The Bertz CT molecular complexity index is 657.